The van der Waals surface area contributed by atoms with Crippen LogP contribution in [0.1, 0.15) is 17.5 Å². The highest BCUT2D eigenvalue weighted by atomic mass is 16.5. The molecule has 0 aliphatic carbocycles. The molecule has 0 bridgehead atoms. The first-order chi connectivity index (χ1) is 13.5. The number of fused-ring (bicyclic) bond motifs is 1. The Morgan fingerprint density at radius 2 is 1.96 bits per heavy atom. The number of hydrogen-bond donors (Lipinski definition) is 0. The van der Waals surface area contributed by atoms with Crippen molar-refractivity contribution in [1.82, 2.24) is 0 Å². The zero-order valence-corrected chi connectivity index (χ0v) is 16.4. The van der Waals surface area contributed by atoms with Crippen LogP contribution in [0.25, 0.3) is 0 Å². The lowest BCUT2D eigenvalue weighted by atomic mass is 10.1. The number of anilines is 2. The van der Waals surface area contributed by atoms with Crippen LogP contribution in [0.4, 0.5) is 11.4 Å². The highest BCUT2D eigenvalue weighted by molar-refractivity contribution is 6.06. The molecule has 2 aliphatic rings. The fraction of sp³-hybridized carbons (Fsp3) is 0.364. The van der Waals surface area contributed by atoms with Gasteiger partial charge in [-0.05, 0) is 36.6 Å². The topological polar surface area (TPSA) is 59.1 Å². The molecule has 2 aliphatic heterocycles. The minimum atomic E-state index is -0.367. The first kappa shape index (κ1) is 18.3. The van der Waals surface area contributed by atoms with Crippen molar-refractivity contribution in [1.29, 1.82) is 0 Å². The number of amides is 2. The lowest BCUT2D eigenvalue weighted by molar-refractivity contribution is -0.124. The molecule has 2 amide bonds. The van der Waals surface area contributed by atoms with Crippen LogP contribution in [0.2, 0.25) is 0 Å². The van der Waals surface area contributed by atoms with Gasteiger partial charge >= 0.3 is 0 Å². The second-order valence-corrected chi connectivity index (χ2v) is 7.27. The molecule has 6 nitrogen and oxygen atoms in total. The van der Waals surface area contributed by atoms with E-state index in [9.17, 15) is 9.59 Å². The van der Waals surface area contributed by atoms with Gasteiger partial charge < -0.3 is 19.3 Å². The van der Waals surface area contributed by atoms with Crippen LogP contribution in [-0.4, -0.2) is 39.1 Å². The molecule has 6 heteroatoms. The number of methoxy groups -OCH3 is 2. The van der Waals surface area contributed by atoms with E-state index < -0.39 is 0 Å². The predicted octanol–water partition coefficient (Wildman–Crippen LogP) is 2.95. The van der Waals surface area contributed by atoms with Gasteiger partial charge in [0.15, 0.2) is 0 Å². The highest BCUT2D eigenvalue weighted by Crippen LogP contribution is 2.38. The van der Waals surface area contributed by atoms with E-state index in [1.165, 1.54) is 5.56 Å². The van der Waals surface area contributed by atoms with Gasteiger partial charge in [-0.1, -0.05) is 18.2 Å². The maximum Gasteiger partial charge on any atom is 0.232 e. The van der Waals surface area contributed by atoms with Crippen molar-refractivity contribution in [2.75, 3.05) is 37.1 Å². The molecule has 1 unspecified atom stereocenters. The molecule has 2 aromatic rings. The number of carbonyl (C=O) groups excluding carboxylic acids is 2. The zero-order chi connectivity index (χ0) is 19.8. The normalized spacial score (nSPS) is 18.4. The summed E-state index contributed by atoms with van der Waals surface area (Å²) < 4.78 is 10.7. The summed E-state index contributed by atoms with van der Waals surface area (Å²) in [5.41, 5.74) is 3.94. The van der Waals surface area contributed by atoms with Crippen LogP contribution in [0.3, 0.4) is 0 Å². The maximum atomic E-state index is 13.3. The van der Waals surface area contributed by atoms with Gasteiger partial charge in [0.1, 0.15) is 11.5 Å². The van der Waals surface area contributed by atoms with Crippen molar-refractivity contribution in [3.63, 3.8) is 0 Å². The lowest BCUT2D eigenvalue weighted by Gasteiger charge is -2.23. The monoisotopic (exact) mass is 380 g/mol. The fourth-order valence-electron chi connectivity index (χ4n) is 4.21. The number of nitrogens with zero attached hydrogens (tertiary/aromatic N) is 2. The largest absolute Gasteiger partial charge is 0.497 e. The van der Waals surface area contributed by atoms with Gasteiger partial charge in [-0.15, -0.1) is 0 Å². The van der Waals surface area contributed by atoms with Crippen LogP contribution in [0.15, 0.2) is 36.4 Å². The van der Waals surface area contributed by atoms with Gasteiger partial charge in [0, 0.05) is 31.3 Å². The number of hydrogen-bond acceptors (Lipinski definition) is 4. The molecule has 2 aromatic carbocycles. The third-order valence-corrected chi connectivity index (χ3v) is 5.61. The van der Waals surface area contributed by atoms with Crippen LogP contribution >= 0.6 is 0 Å². The average molecular weight is 380 g/mol. The van der Waals surface area contributed by atoms with Gasteiger partial charge in [-0.3, -0.25) is 9.59 Å². The van der Waals surface area contributed by atoms with Gasteiger partial charge in [-0.2, -0.15) is 0 Å². The molecular formula is C22H24N2O4. The van der Waals surface area contributed by atoms with Crippen molar-refractivity contribution in [3.05, 3.63) is 47.5 Å². The second-order valence-electron chi connectivity index (χ2n) is 7.27. The SMILES string of the molecule is COc1ccc(OC)c(N2CC(C(=O)N3CCc4cccc(C)c43)CC2=O)c1. The smallest absolute Gasteiger partial charge is 0.232 e. The third kappa shape index (κ3) is 2.99. The molecule has 1 saturated heterocycles. The van der Waals surface area contributed by atoms with Crippen molar-refractivity contribution in [3.8, 4) is 11.5 Å². The van der Waals surface area contributed by atoms with E-state index in [4.69, 9.17) is 9.47 Å². The van der Waals surface area contributed by atoms with Crippen molar-refractivity contribution in [2.24, 2.45) is 5.92 Å². The van der Waals surface area contributed by atoms with E-state index in [0.717, 1.165) is 17.7 Å². The number of rotatable bonds is 4. The molecular weight excluding hydrogens is 356 g/mol. The molecule has 1 fully saturated rings. The molecule has 2 heterocycles. The molecule has 1 atom stereocenters. The summed E-state index contributed by atoms with van der Waals surface area (Å²) in [7, 11) is 3.15. The zero-order valence-electron chi connectivity index (χ0n) is 16.4. The number of benzene rings is 2. The number of para-hydroxylation sites is 1. The van der Waals surface area contributed by atoms with E-state index in [2.05, 4.69) is 6.07 Å². The molecule has 0 N–H and O–H groups in total. The predicted molar refractivity (Wildman–Crippen MR) is 107 cm³/mol. The van der Waals surface area contributed by atoms with E-state index in [0.29, 0.717) is 30.3 Å². The minimum absolute atomic E-state index is 0.0192. The van der Waals surface area contributed by atoms with Crippen LogP contribution < -0.4 is 19.3 Å². The van der Waals surface area contributed by atoms with E-state index in [-0.39, 0.29) is 24.2 Å². The number of ether oxygens (including phenoxy) is 2. The van der Waals surface area contributed by atoms with Gasteiger partial charge in [0.2, 0.25) is 11.8 Å². The summed E-state index contributed by atoms with van der Waals surface area (Å²) in [6.45, 7) is 3.04. The summed E-state index contributed by atoms with van der Waals surface area (Å²) in [4.78, 5) is 29.5. The molecule has 0 radical (unpaired) electrons. The molecule has 0 saturated carbocycles. The summed E-state index contributed by atoms with van der Waals surface area (Å²) in [6, 6.07) is 11.5. The first-order valence-corrected chi connectivity index (χ1v) is 9.45. The molecule has 0 spiro atoms. The summed E-state index contributed by atoms with van der Waals surface area (Å²) in [5, 5.41) is 0. The van der Waals surface area contributed by atoms with Crippen LogP contribution in [0, 0.1) is 12.8 Å². The Morgan fingerprint density at radius 1 is 1.14 bits per heavy atom. The number of carbonyl (C=O) groups is 2. The Labute approximate surface area is 164 Å². The molecule has 4 rings (SSSR count). The fourth-order valence-corrected chi connectivity index (χ4v) is 4.21. The molecule has 146 valence electrons. The Bertz CT molecular complexity index is 940. The van der Waals surface area contributed by atoms with Crippen molar-refractivity contribution in [2.45, 2.75) is 19.8 Å². The van der Waals surface area contributed by atoms with Gasteiger partial charge in [0.05, 0.1) is 25.8 Å². The average Bonchev–Trinajstić information content (AvgIpc) is 3.31. The van der Waals surface area contributed by atoms with Crippen molar-refractivity contribution < 1.29 is 19.1 Å². The standard InChI is InChI=1S/C22H24N2O4/c1-14-5-4-6-15-9-10-23(21(14)15)22(26)16-11-20(25)24(13-16)18-12-17(27-2)7-8-19(18)28-3/h4-8,12,16H,9-11,13H2,1-3H3. The lowest BCUT2D eigenvalue weighted by Crippen LogP contribution is -2.36. The Kier molecular flexibility index (Phi) is 4.71. The maximum absolute atomic E-state index is 13.3. The van der Waals surface area contributed by atoms with Crippen molar-refractivity contribution >= 4 is 23.2 Å². The third-order valence-electron chi connectivity index (χ3n) is 5.61. The highest BCUT2D eigenvalue weighted by Gasteiger charge is 2.40. The summed E-state index contributed by atoms with van der Waals surface area (Å²) in [5.74, 6) is 0.806. The van der Waals surface area contributed by atoms with E-state index >= 15 is 0 Å². The Hall–Kier alpha value is -3.02. The Balaban J connectivity index is 1.59. The van der Waals surface area contributed by atoms with E-state index in [1.54, 1.807) is 37.3 Å². The van der Waals surface area contributed by atoms with Gasteiger partial charge in [-0.25, -0.2) is 0 Å². The minimum Gasteiger partial charge on any atom is -0.497 e. The van der Waals surface area contributed by atoms with E-state index in [1.807, 2.05) is 24.0 Å². The van der Waals surface area contributed by atoms with Gasteiger partial charge in [0.25, 0.3) is 0 Å². The second kappa shape index (κ2) is 7.19. The van der Waals surface area contributed by atoms with Crippen LogP contribution in [-0.2, 0) is 16.0 Å². The summed E-state index contributed by atoms with van der Waals surface area (Å²) in [6.07, 6.45) is 1.06. The Morgan fingerprint density at radius 3 is 2.71 bits per heavy atom. The van der Waals surface area contributed by atoms with Crippen LogP contribution in [0.5, 0.6) is 11.5 Å². The summed E-state index contributed by atoms with van der Waals surface area (Å²) >= 11 is 0. The quantitative estimate of drug-likeness (QED) is 0.818. The molecule has 0 aromatic heterocycles. The first-order valence-electron chi connectivity index (χ1n) is 9.45. The molecule has 28 heavy (non-hydrogen) atoms. The number of aryl methyl sites for hydroxylation is 1.